The summed E-state index contributed by atoms with van der Waals surface area (Å²) in [5.41, 5.74) is 0.957. The van der Waals surface area contributed by atoms with Crippen LogP contribution < -0.4 is 4.90 Å². The van der Waals surface area contributed by atoms with E-state index in [1.54, 1.807) is 6.92 Å². The summed E-state index contributed by atoms with van der Waals surface area (Å²) in [4.78, 5) is 30.3. The van der Waals surface area contributed by atoms with Crippen molar-refractivity contribution in [2.45, 2.75) is 38.0 Å². The summed E-state index contributed by atoms with van der Waals surface area (Å²) in [6.45, 7) is 5.17. The highest BCUT2D eigenvalue weighted by molar-refractivity contribution is 5.95. The Morgan fingerprint density at radius 2 is 1.84 bits per heavy atom. The van der Waals surface area contributed by atoms with Crippen molar-refractivity contribution < 1.29 is 14.3 Å². The second kappa shape index (κ2) is 6.77. The Balaban J connectivity index is 1.46. The lowest BCUT2D eigenvalue weighted by Crippen LogP contribution is -2.54. The van der Waals surface area contributed by atoms with Crippen LogP contribution in [0, 0.1) is 0 Å². The molecule has 6 nitrogen and oxygen atoms in total. The Kier molecular flexibility index (Phi) is 4.48. The van der Waals surface area contributed by atoms with E-state index >= 15 is 0 Å². The summed E-state index contributed by atoms with van der Waals surface area (Å²) in [6, 6.07) is 10.4. The average Bonchev–Trinajstić information content (AvgIpc) is 3.06. The molecule has 1 aromatic carbocycles. The highest BCUT2D eigenvalue weighted by atomic mass is 16.5. The molecule has 6 heteroatoms. The van der Waals surface area contributed by atoms with Crippen LogP contribution in [-0.4, -0.2) is 72.6 Å². The molecule has 25 heavy (non-hydrogen) atoms. The molecule has 0 N–H and O–H groups in total. The maximum absolute atomic E-state index is 12.5. The van der Waals surface area contributed by atoms with Gasteiger partial charge in [0.05, 0.1) is 12.1 Å². The summed E-state index contributed by atoms with van der Waals surface area (Å²) >= 11 is 0. The van der Waals surface area contributed by atoms with Crippen LogP contribution in [0.4, 0.5) is 5.69 Å². The molecule has 0 saturated carbocycles. The van der Waals surface area contributed by atoms with E-state index in [4.69, 9.17) is 4.74 Å². The highest BCUT2D eigenvalue weighted by Crippen LogP contribution is 2.31. The Morgan fingerprint density at radius 3 is 2.52 bits per heavy atom. The minimum absolute atomic E-state index is 0.0423. The van der Waals surface area contributed by atoms with Crippen molar-refractivity contribution >= 4 is 17.5 Å². The lowest BCUT2D eigenvalue weighted by molar-refractivity contribution is -0.130. The Hall–Kier alpha value is -1.92. The van der Waals surface area contributed by atoms with Gasteiger partial charge in [-0.25, -0.2) is 0 Å². The number of carbonyl (C=O) groups excluding carboxylic acids is 2. The summed E-state index contributed by atoms with van der Waals surface area (Å²) in [6.07, 6.45) is 2.07. The third-order valence-corrected chi connectivity index (χ3v) is 5.75. The number of rotatable bonds is 2. The van der Waals surface area contributed by atoms with Crippen LogP contribution in [0.5, 0.6) is 0 Å². The number of morpholine rings is 1. The number of fused-ring (bicyclic) bond motifs is 1. The van der Waals surface area contributed by atoms with Crippen molar-refractivity contribution in [3.8, 4) is 0 Å². The number of hydrogen-bond acceptors (Lipinski definition) is 4. The zero-order chi connectivity index (χ0) is 17.4. The van der Waals surface area contributed by atoms with E-state index in [-0.39, 0.29) is 30.6 Å². The van der Waals surface area contributed by atoms with Crippen LogP contribution >= 0.6 is 0 Å². The standard InChI is InChI=1S/C19H25N3O3/c1-14(23)20-9-7-15(8-10-20)21-11-17-18(12-21)25-13-19(24)22(17)16-5-3-2-4-6-16/h2-6,15,17-18H,7-13H2,1H3. The van der Waals surface area contributed by atoms with Crippen molar-refractivity contribution in [3.05, 3.63) is 30.3 Å². The van der Waals surface area contributed by atoms with Crippen LogP contribution in [0.3, 0.4) is 0 Å². The minimum Gasteiger partial charge on any atom is -0.365 e. The number of anilines is 1. The first kappa shape index (κ1) is 16.5. The van der Waals surface area contributed by atoms with Gasteiger partial charge < -0.3 is 14.5 Å². The largest absolute Gasteiger partial charge is 0.365 e. The van der Waals surface area contributed by atoms with Gasteiger partial charge in [-0.3, -0.25) is 14.5 Å². The van der Waals surface area contributed by atoms with Crippen LogP contribution in [0.25, 0.3) is 0 Å². The van der Waals surface area contributed by atoms with E-state index in [0.717, 1.165) is 44.7 Å². The number of amides is 2. The van der Waals surface area contributed by atoms with Gasteiger partial charge in [0.1, 0.15) is 6.61 Å². The summed E-state index contributed by atoms with van der Waals surface area (Å²) < 4.78 is 5.85. The van der Waals surface area contributed by atoms with Crippen molar-refractivity contribution in [2.24, 2.45) is 0 Å². The van der Waals surface area contributed by atoms with Gasteiger partial charge in [-0.15, -0.1) is 0 Å². The molecule has 2 unspecified atom stereocenters. The molecule has 0 radical (unpaired) electrons. The van der Waals surface area contributed by atoms with Crippen LogP contribution in [0.1, 0.15) is 19.8 Å². The van der Waals surface area contributed by atoms with Crippen molar-refractivity contribution in [3.63, 3.8) is 0 Å². The maximum Gasteiger partial charge on any atom is 0.253 e. The highest BCUT2D eigenvalue weighted by Gasteiger charge is 2.45. The van der Waals surface area contributed by atoms with Crippen LogP contribution in [-0.2, 0) is 14.3 Å². The number of ether oxygens (including phenoxy) is 1. The van der Waals surface area contributed by atoms with Gasteiger partial charge in [0.2, 0.25) is 5.91 Å². The molecule has 0 aliphatic carbocycles. The molecule has 1 aromatic rings. The molecular weight excluding hydrogens is 318 g/mol. The zero-order valence-electron chi connectivity index (χ0n) is 14.6. The van der Waals surface area contributed by atoms with E-state index < -0.39 is 0 Å². The molecule has 3 heterocycles. The quantitative estimate of drug-likeness (QED) is 0.807. The predicted octanol–water partition coefficient (Wildman–Crippen LogP) is 1.11. The van der Waals surface area contributed by atoms with E-state index in [0.29, 0.717) is 6.04 Å². The summed E-state index contributed by atoms with van der Waals surface area (Å²) in [5, 5.41) is 0. The lowest BCUT2D eigenvalue weighted by atomic mass is 10.0. The summed E-state index contributed by atoms with van der Waals surface area (Å²) in [5.74, 6) is 0.207. The zero-order valence-corrected chi connectivity index (χ0v) is 14.6. The second-order valence-corrected chi connectivity index (χ2v) is 7.21. The van der Waals surface area contributed by atoms with Crippen LogP contribution in [0.15, 0.2) is 30.3 Å². The number of benzene rings is 1. The number of nitrogens with zero attached hydrogens (tertiary/aromatic N) is 3. The van der Waals surface area contributed by atoms with Gasteiger partial charge in [-0.2, -0.15) is 0 Å². The van der Waals surface area contributed by atoms with Gasteiger partial charge >= 0.3 is 0 Å². The lowest BCUT2D eigenvalue weighted by Gasteiger charge is -2.37. The number of carbonyl (C=O) groups is 2. The molecule has 3 aliphatic rings. The van der Waals surface area contributed by atoms with E-state index in [2.05, 4.69) is 4.90 Å². The topological polar surface area (TPSA) is 53.1 Å². The van der Waals surface area contributed by atoms with Gasteiger partial charge in [0, 0.05) is 44.8 Å². The molecule has 0 bridgehead atoms. The Bertz CT molecular complexity index is 643. The molecule has 134 valence electrons. The van der Waals surface area contributed by atoms with Crippen molar-refractivity contribution in [2.75, 3.05) is 37.7 Å². The predicted molar refractivity (Wildman–Crippen MR) is 94.3 cm³/mol. The fourth-order valence-electron chi connectivity index (χ4n) is 4.40. The van der Waals surface area contributed by atoms with Crippen LogP contribution in [0.2, 0.25) is 0 Å². The summed E-state index contributed by atoms with van der Waals surface area (Å²) in [7, 11) is 0. The molecule has 2 amide bonds. The first-order valence-corrected chi connectivity index (χ1v) is 9.12. The number of likely N-dealkylation sites (tertiary alicyclic amines) is 2. The third-order valence-electron chi connectivity index (χ3n) is 5.75. The smallest absolute Gasteiger partial charge is 0.253 e. The molecule has 4 rings (SSSR count). The fraction of sp³-hybridized carbons (Fsp3) is 0.579. The second-order valence-electron chi connectivity index (χ2n) is 7.21. The number of piperidine rings is 1. The fourth-order valence-corrected chi connectivity index (χ4v) is 4.40. The molecule has 0 spiro atoms. The average molecular weight is 343 g/mol. The van der Waals surface area contributed by atoms with Gasteiger partial charge in [0.25, 0.3) is 5.91 Å². The molecule has 3 aliphatic heterocycles. The monoisotopic (exact) mass is 343 g/mol. The van der Waals surface area contributed by atoms with Gasteiger partial charge in [-0.05, 0) is 25.0 Å². The minimum atomic E-state index is 0.0423. The van der Waals surface area contributed by atoms with E-state index in [9.17, 15) is 9.59 Å². The molecular formula is C19H25N3O3. The van der Waals surface area contributed by atoms with Crippen molar-refractivity contribution in [1.82, 2.24) is 9.80 Å². The Labute approximate surface area is 148 Å². The molecule has 3 fully saturated rings. The molecule has 3 saturated heterocycles. The number of para-hydroxylation sites is 1. The first-order chi connectivity index (χ1) is 12.1. The third kappa shape index (κ3) is 3.16. The first-order valence-electron chi connectivity index (χ1n) is 9.12. The van der Waals surface area contributed by atoms with E-state index in [1.165, 1.54) is 0 Å². The number of hydrogen-bond donors (Lipinski definition) is 0. The normalized spacial score (nSPS) is 28.3. The Morgan fingerprint density at radius 1 is 1.12 bits per heavy atom. The van der Waals surface area contributed by atoms with Crippen molar-refractivity contribution in [1.29, 1.82) is 0 Å². The SMILES string of the molecule is CC(=O)N1CCC(N2CC3OCC(=O)N(c4ccccc4)C3C2)CC1. The maximum atomic E-state index is 12.5. The van der Waals surface area contributed by atoms with Gasteiger partial charge in [-0.1, -0.05) is 18.2 Å². The van der Waals surface area contributed by atoms with E-state index in [1.807, 2.05) is 40.1 Å². The molecule has 2 atom stereocenters. The van der Waals surface area contributed by atoms with Gasteiger partial charge in [0.15, 0.2) is 0 Å². The molecule has 0 aromatic heterocycles.